The van der Waals surface area contributed by atoms with Crippen molar-refractivity contribution in [2.45, 2.75) is 13.0 Å². The highest BCUT2D eigenvalue weighted by atomic mass is 19.1. The normalized spacial score (nSPS) is 12.2. The number of aryl methyl sites for hydroxylation is 1. The van der Waals surface area contributed by atoms with Gasteiger partial charge in [-0.3, -0.25) is 0 Å². The van der Waals surface area contributed by atoms with E-state index in [9.17, 15) is 18.3 Å². The van der Waals surface area contributed by atoms with Crippen molar-refractivity contribution in [2.75, 3.05) is 11.9 Å². The zero-order valence-electron chi connectivity index (χ0n) is 10.8. The first-order valence-corrected chi connectivity index (χ1v) is 6.10. The van der Waals surface area contributed by atoms with Crippen LogP contribution in [0.2, 0.25) is 0 Å². The van der Waals surface area contributed by atoms with E-state index in [4.69, 9.17) is 0 Å². The van der Waals surface area contributed by atoms with Gasteiger partial charge in [-0.05, 0) is 30.7 Å². The van der Waals surface area contributed by atoms with Crippen LogP contribution in [0.4, 0.5) is 18.9 Å². The van der Waals surface area contributed by atoms with Crippen LogP contribution in [0, 0.1) is 24.4 Å². The Bertz CT molecular complexity index is 616. The summed E-state index contributed by atoms with van der Waals surface area (Å²) in [5.41, 5.74) is 0.988. The van der Waals surface area contributed by atoms with Crippen LogP contribution >= 0.6 is 0 Å². The quantitative estimate of drug-likeness (QED) is 0.898. The van der Waals surface area contributed by atoms with Crippen LogP contribution in [0.25, 0.3) is 0 Å². The molecule has 0 saturated heterocycles. The van der Waals surface area contributed by atoms with Crippen molar-refractivity contribution in [3.8, 4) is 0 Å². The van der Waals surface area contributed by atoms with Gasteiger partial charge in [-0.2, -0.15) is 0 Å². The van der Waals surface area contributed by atoms with Gasteiger partial charge in [0.05, 0.1) is 6.10 Å². The van der Waals surface area contributed by atoms with Gasteiger partial charge in [-0.1, -0.05) is 12.1 Å². The Balaban J connectivity index is 2.04. The van der Waals surface area contributed by atoms with Crippen molar-refractivity contribution in [3.05, 3.63) is 65.0 Å². The SMILES string of the molecule is Cc1ccc(NCC(O)c2ccc(F)cc2F)cc1F. The molecule has 0 aromatic heterocycles. The van der Waals surface area contributed by atoms with Crippen molar-refractivity contribution < 1.29 is 18.3 Å². The lowest BCUT2D eigenvalue weighted by Crippen LogP contribution is -2.13. The summed E-state index contributed by atoms with van der Waals surface area (Å²) in [6.07, 6.45) is -1.15. The fourth-order valence-electron chi connectivity index (χ4n) is 1.80. The second-order valence-corrected chi connectivity index (χ2v) is 4.53. The van der Waals surface area contributed by atoms with Crippen molar-refractivity contribution in [1.82, 2.24) is 0 Å². The van der Waals surface area contributed by atoms with E-state index in [0.29, 0.717) is 17.3 Å². The number of anilines is 1. The molecular formula is C15H14F3NO. The van der Waals surface area contributed by atoms with Crippen LogP contribution in [0.1, 0.15) is 17.2 Å². The van der Waals surface area contributed by atoms with Gasteiger partial charge in [-0.25, -0.2) is 13.2 Å². The summed E-state index contributed by atoms with van der Waals surface area (Å²) in [6.45, 7) is 1.63. The monoisotopic (exact) mass is 281 g/mol. The highest BCUT2D eigenvalue weighted by Crippen LogP contribution is 2.20. The highest BCUT2D eigenvalue weighted by molar-refractivity contribution is 5.45. The zero-order valence-corrected chi connectivity index (χ0v) is 10.8. The summed E-state index contributed by atoms with van der Waals surface area (Å²) in [4.78, 5) is 0. The molecule has 0 heterocycles. The summed E-state index contributed by atoms with van der Waals surface area (Å²) in [7, 11) is 0. The fraction of sp³-hybridized carbons (Fsp3) is 0.200. The van der Waals surface area contributed by atoms with E-state index < -0.39 is 17.7 Å². The average molecular weight is 281 g/mol. The van der Waals surface area contributed by atoms with Gasteiger partial charge in [0, 0.05) is 23.9 Å². The largest absolute Gasteiger partial charge is 0.386 e. The predicted molar refractivity (Wildman–Crippen MR) is 70.9 cm³/mol. The summed E-state index contributed by atoms with van der Waals surface area (Å²) in [5.74, 6) is -1.88. The van der Waals surface area contributed by atoms with E-state index in [1.54, 1.807) is 19.1 Å². The van der Waals surface area contributed by atoms with Crippen LogP contribution in [0.15, 0.2) is 36.4 Å². The Morgan fingerprint density at radius 3 is 2.45 bits per heavy atom. The third kappa shape index (κ3) is 3.30. The van der Waals surface area contributed by atoms with E-state index in [1.165, 1.54) is 12.1 Å². The highest BCUT2D eigenvalue weighted by Gasteiger charge is 2.13. The Morgan fingerprint density at radius 2 is 1.80 bits per heavy atom. The average Bonchev–Trinajstić information content (AvgIpc) is 2.40. The Labute approximate surface area is 114 Å². The molecule has 1 unspecified atom stereocenters. The van der Waals surface area contributed by atoms with Crippen molar-refractivity contribution in [3.63, 3.8) is 0 Å². The molecule has 0 fully saturated rings. The molecule has 0 amide bonds. The fourth-order valence-corrected chi connectivity index (χ4v) is 1.80. The number of benzene rings is 2. The maximum atomic E-state index is 13.5. The molecule has 20 heavy (non-hydrogen) atoms. The third-order valence-electron chi connectivity index (χ3n) is 2.99. The van der Waals surface area contributed by atoms with Gasteiger partial charge in [-0.15, -0.1) is 0 Å². The van der Waals surface area contributed by atoms with Crippen LogP contribution in [-0.2, 0) is 0 Å². The van der Waals surface area contributed by atoms with Crippen LogP contribution < -0.4 is 5.32 Å². The van der Waals surface area contributed by atoms with Gasteiger partial charge >= 0.3 is 0 Å². The van der Waals surface area contributed by atoms with Gasteiger partial charge in [0.15, 0.2) is 0 Å². The lowest BCUT2D eigenvalue weighted by molar-refractivity contribution is 0.186. The molecule has 2 aromatic carbocycles. The topological polar surface area (TPSA) is 32.3 Å². The molecule has 0 aliphatic rings. The number of aliphatic hydroxyl groups is 1. The minimum atomic E-state index is -1.15. The van der Waals surface area contributed by atoms with E-state index in [1.807, 2.05) is 0 Å². The van der Waals surface area contributed by atoms with Crippen molar-refractivity contribution >= 4 is 5.69 Å². The standard InChI is InChI=1S/C15H14F3NO/c1-9-2-4-11(7-13(9)17)19-8-15(20)12-5-3-10(16)6-14(12)18/h2-7,15,19-20H,8H2,1H3. The predicted octanol–water partition coefficient (Wildman–Crippen LogP) is 3.56. The smallest absolute Gasteiger partial charge is 0.131 e. The Morgan fingerprint density at radius 1 is 1.05 bits per heavy atom. The van der Waals surface area contributed by atoms with Crippen molar-refractivity contribution in [1.29, 1.82) is 0 Å². The first-order valence-electron chi connectivity index (χ1n) is 6.10. The lowest BCUT2D eigenvalue weighted by Gasteiger charge is -2.14. The molecule has 106 valence electrons. The molecule has 0 bridgehead atoms. The Kier molecular flexibility index (Phi) is 4.29. The molecule has 0 aliphatic carbocycles. The summed E-state index contributed by atoms with van der Waals surface area (Å²) >= 11 is 0. The molecule has 0 spiro atoms. The molecule has 2 N–H and O–H groups in total. The van der Waals surface area contributed by atoms with Gasteiger partial charge in [0.2, 0.25) is 0 Å². The van der Waals surface area contributed by atoms with E-state index in [2.05, 4.69) is 5.32 Å². The zero-order chi connectivity index (χ0) is 14.7. The van der Waals surface area contributed by atoms with Crippen LogP contribution in [-0.4, -0.2) is 11.7 Å². The number of rotatable bonds is 4. The van der Waals surface area contributed by atoms with Crippen molar-refractivity contribution in [2.24, 2.45) is 0 Å². The molecule has 5 heteroatoms. The number of hydrogen-bond donors (Lipinski definition) is 2. The third-order valence-corrected chi connectivity index (χ3v) is 2.99. The molecule has 0 aliphatic heterocycles. The summed E-state index contributed by atoms with van der Waals surface area (Å²) in [6, 6.07) is 7.53. The van der Waals surface area contributed by atoms with E-state index in [-0.39, 0.29) is 17.9 Å². The van der Waals surface area contributed by atoms with E-state index in [0.717, 1.165) is 6.07 Å². The first-order chi connectivity index (χ1) is 9.47. The molecule has 1 atom stereocenters. The minimum absolute atomic E-state index is 0.00789. The lowest BCUT2D eigenvalue weighted by atomic mass is 10.1. The maximum absolute atomic E-state index is 13.5. The number of halogens is 3. The summed E-state index contributed by atoms with van der Waals surface area (Å²) in [5, 5.41) is 12.7. The number of hydrogen-bond acceptors (Lipinski definition) is 2. The first kappa shape index (κ1) is 14.4. The van der Waals surface area contributed by atoms with E-state index >= 15 is 0 Å². The second-order valence-electron chi connectivity index (χ2n) is 4.53. The van der Waals surface area contributed by atoms with Gasteiger partial charge in [0.25, 0.3) is 0 Å². The molecule has 2 nitrogen and oxygen atoms in total. The maximum Gasteiger partial charge on any atom is 0.131 e. The number of aliphatic hydroxyl groups excluding tert-OH is 1. The molecule has 0 radical (unpaired) electrons. The minimum Gasteiger partial charge on any atom is -0.386 e. The molecule has 2 rings (SSSR count). The molecule has 0 saturated carbocycles. The molecule has 2 aromatic rings. The second kappa shape index (κ2) is 5.96. The van der Waals surface area contributed by atoms with Crippen LogP contribution in [0.3, 0.4) is 0 Å². The Hall–Kier alpha value is -2.01. The summed E-state index contributed by atoms with van der Waals surface area (Å²) < 4.78 is 39.6. The van der Waals surface area contributed by atoms with Gasteiger partial charge < -0.3 is 10.4 Å². The van der Waals surface area contributed by atoms with Gasteiger partial charge in [0.1, 0.15) is 17.5 Å². The molecular weight excluding hydrogens is 267 g/mol. The number of nitrogens with one attached hydrogen (secondary N) is 1. The van der Waals surface area contributed by atoms with Crippen LogP contribution in [0.5, 0.6) is 0 Å².